The molecule has 0 aliphatic carbocycles. The summed E-state index contributed by atoms with van der Waals surface area (Å²) in [6.45, 7) is 3.07. The normalized spacial score (nSPS) is 15.7. The highest BCUT2D eigenvalue weighted by atomic mass is 32.1. The van der Waals surface area contributed by atoms with E-state index in [0.717, 1.165) is 34.8 Å². The Hall–Kier alpha value is -3.14. The standard InChI is InChI=1S/C23H21FN4O3S/c1-14-19(28-10-2-3-17(24)20(28)25-14)18-13-32-22(26-18)23(8-11-31-12-9-23)16-6-4-15(5-7-16)21(29)27-30/h2-7,10,13,30H,8-9,11-12H2,1H3,(H,27,29). The predicted octanol–water partition coefficient (Wildman–Crippen LogP) is 4.12. The molecule has 2 N–H and O–H groups in total. The Morgan fingerprint density at radius 1 is 1.22 bits per heavy atom. The molecule has 0 atom stereocenters. The van der Waals surface area contributed by atoms with Crippen LogP contribution in [0.25, 0.3) is 17.0 Å². The van der Waals surface area contributed by atoms with Gasteiger partial charge in [0.05, 0.1) is 16.8 Å². The molecular weight excluding hydrogens is 431 g/mol. The summed E-state index contributed by atoms with van der Waals surface area (Å²) >= 11 is 1.56. The van der Waals surface area contributed by atoms with Gasteiger partial charge in [0.25, 0.3) is 5.91 Å². The Morgan fingerprint density at radius 3 is 2.69 bits per heavy atom. The lowest BCUT2D eigenvalue weighted by Gasteiger charge is -2.36. The zero-order valence-corrected chi connectivity index (χ0v) is 18.2. The number of aromatic nitrogens is 3. The number of hydrogen-bond acceptors (Lipinski definition) is 6. The highest BCUT2D eigenvalue weighted by Gasteiger charge is 2.39. The van der Waals surface area contributed by atoms with Crippen molar-refractivity contribution in [3.8, 4) is 11.4 Å². The largest absolute Gasteiger partial charge is 0.381 e. The monoisotopic (exact) mass is 452 g/mol. The number of hydroxylamine groups is 1. The van der Waals surface area contributed by atoms with Crippen molar-refractivity contribution in [2.24, 2.45) is 0 Å². The third-order valence-corrected chi connectivity index (χ3v) is 7.13. The minimum atomic E-state index is -0.551. The second-order valence-electron chi connectivity index (χ2n) is 7.85. The highest BCUT2D eigenvalue weighted by molar-refractivity contribution is 7.10. The lowest BCUT2D eigenvalue weighted by atomic mass is 9.74. The Labute approximate surface area is 187 Å². The molecule has 1 fully saturated rings. The quantitative estimate of drug-likeness (QED) is 0.359. The predicted molar refractivity (Wildman–Crippen MR) is 118 cm³/mol. The molecule has 4 aromatic rings. The number of nitrogens with zero attached hydrogens (tertiary/aromatic N) is 3. The van der Waals surface area contributed by atoms with Crippen LogP contribution in [0.4, 0.5) is 4.39 Å². The van der Waals surface area contributed by atoms with Crippen molar-refractivity contribution in [1.82, 2.24) is 19.8 Å². The van der Waals surface area contributed by atoms with Crippen LogP contribution in [0.15, 0.2) is 48.0 Å². The molecule has 7 nitrogen and oxygen atoms in total. The second kappa shape index (κ2) is 8.09. The maximum absolute atomic E-state index is 14.2. The third-order valence-electron chi connectivity index (χ3n) is 6.08. The molecule has 1 saturated heterocycles. The van der Waals surface area contributed by atoms with Crippen molar-refractivity contribution in [3.05, 3.63) is 75.6 Å². The number of fused-ring (bicyclic) bond motifs is 1. The van der Waals surface area contributed by atoms with Gasteiger partial charge < -0.3 is 4.74 Å². The molecule has 164 valence electrons. The van der Waals surface area contributed by atoms with Gasteiger partial charge in [-0.3, -0.25) is 14.4 Å². The summed E-state index contributed by atoms with van der Waals surface area (Å²) < 4.78 is 21.6. The maximum atomic E-state index is 14.2. The van der Waals surface area contributed by atoms with Gasteiger partial charge in [0.15, 0.2) is 11.5 Å². The summed E-state index contributed by atoms with van der Waals surface area (Å²) in [5.74, 6) is -0.922. The van der Waals surface area contributed by atoms with Crippen molar-refractivity contribution in [2.45, 2.75) is 25.2 Å². The Morgan fingerprint density at radius 2 is 1.97 bits per heavy atom. The van der Waals surface area contributed by atoms with E-state index in [1.54, 1.807) is 45.6 Å². The van der Waals surface area contributed by atoms with Crippen molar-refractivity contribution in [1.29, 1.82) is 0 Å². The molecule has 0 radical (unpaired) electrons. The Balaban J connectivity index is 1.59. The van der Waals surface area contributed by atoms with E-state index in [9.17, 15) is 9.18 Å². The van der Waals surface area contributed by atoms with Crippen molar-refractivity contribution >= 4 is 22.9 Å². The fourth-order valence-corrected chi connectivity index (χ4v) is 5.50. The lowest BCUT2D eigenvalue weighted by Crippen LogP contribution is -2.35. The molecule has 0 bridgehead atoms. The summed E-state index contributed by atoms with van der Waals surface area (Å²) in [5.41, 5.74) is 5.25. The van der Waals surface area contributed by atoms with Gasteiger partial charge in [0.1, 0.15) is 10.7 Å². The van der Waals surface area contributed by atoms with Gasteiger partial charge in [-0.15, -0.1) is 11.3 Å². The number of imidazole rings is 1. The van der Waals surface area contributed by atoms with E-state index in [-0.39, 0.29) is 16.9 Å². The van der Waals surface area contributed by atoms with Crippen molar-refractivity contribution < 1.29 is 19.1 Å². The van der Waals surface area contributed by atoms with Crippen LogP contribution in [0.2, 0.25) is 0 Å². The second-order valence-corrected chi connectivity index (χ2v) is 8.70. The maximum Gasteiger partial charge on any atom is 0.274 e. The van der Waals surface area contributed by atoms with E-state index >= 15 is 0 Å². The number of carbonyl (C=O) groups excluding carboxylic acids is 1. The van der Waals surface area contributed by atoms with Gasteiger partial charge in [-0.25, -0.2) is 19.8 Å². The number of carbonyl (C=O) groups is 1. The fourth-order valence-electron chi connectivity index (χ4n) is 4.41. The fraction of sp³-hybridized carbons (Fsp3) is 0.261. The van der Waals surface area contributed by atoms with E-state index in [2.05, 4.69) is 4.98 Å². The van der Waals surface area contributed by atoms with Gasteiger partial charge in [0, 0.05) is 30.4 Å². The molecule has 1 aromatic carbocycles. The number of pyridine rings is 1. The average molecular weight is 453 g/mol. The van der Waals surface area contributed by atoms with Crippen LogP contribution >= 0.6 is 11.3 Å². The van der Waals surface area contributed by atoms with Gasteiger partial charge >= 0.3 is 0 Å². The zero-order valence-electron chi connectivity index (χ0n) is 17.3. The molecule has 1 amide bonds. The first-order valence-corrected chi connectivity index (χ1v) is 11.1. The van der Waals surface area contributed by atoms with Gasteiger partial charge in [-0.05, 0) is 49.6 Å². The highest BCUT2D eigenvalue weighted by Crippen LogP contribution is 2.44. The van der Waals surface area contributed by atoms with Gasteiger partial charge in [-0.1, -0.05) is 12.1 Å². The average Bonchev–Trinajstić information content (AvgIpc) is 3.44. The number of amides is 1. The van der Waals surface area contributed by atoms with Crippen LogP contribution in [0, 0.1) is 12.7 Å². The van der Waals surface area contributed by atoms with Crippen LogP contribution in [0.1, 0.15) is 39.5 Å². The number of benzene rings is 1. The van der Waals surface area contributed by atoms with Crippen LogP contribution in [0.3, 0.4) is 0 Å². The molecule has 5 rings (SSSR count). The molecule has 0 saturated carbocycles. The minimum absolute atomic E-state index is 0.285. The Bertz CT molecular complexity index is 1290. The molecule has 0 unspecified atom stereocenters. The van der Waals surface area contributed by atoms with Gasteiger partial charge in [-0.2, -0.15) is 0 Å². The Kier molecular flexibility index (Phi) is 5.24. The minimum Gasteiger partial charge on any atom is -0.381 e. The number of thiazole rings is 1. The molecule has 9 heteroatoms. The number of rotatable bonds is 4. The lowest BCUT2D eigenvalue weighted by molar-refractivity contribution is 0.0629. The van der Waals surface area contributed by atoms with E-state index in [1.807, 2.05) is 24.4 Å². The third kappa shape index (κ3) is 3.29. The smallest absolute Gasteiger partial charge is 0.274 e. The zero-order chi connectivity index (χ0) is 22.3. The van der Waals surface area contributed by atoms with Crippen molar-refractivity contribution in [3.63, 3.8) is 0 Å². The number of halogens is 1. The molecule has 1 aliphatic heterocycles. The molecule has 4 heterocycles. The first kappa shape index (κ1) is 20.7. The van der Waals surface area contributed by atoms with E-state index in [4.69, 9.17) is 14.9 Å². The first-order chi connectivity index (χ1) is 15.5. The van der Waals surface area contributed by atoms with E-state index < -0.39 is 5.91 Å². The molecular formula is C23H21FN4O3S. The number of ether oxygens (including phenoxy) is 1. The number of aryl methyl sites for hydroxylation is 1. The molecule has 1 aliphatic rings. The topological polar surface area (TPSA) is 88.8 Å². The van der Waals surface area contributed by atoms with Gasteiger partial charge in [0.2, 0.25) is 0 Å². The number of nitrogens with one attached hydrogen (secondary N) is 1. The SMILES string of the molecule is Cc1nc2c(F)cccn2c1-c1csc(C2(c3ccc(C(=O)NO)cc3)CCOCC2)n1. The van der Waals surface area contributed by atoms with Crippen LogP contribution in [-0.2, 0) is 10.2 Å². The number of hydrogen-bond donors (Lipinski definition) is 2. The summed E-state index contributed by atoms with van der Waals surface area (Å²) in [4.78, 5) is 21.1. The van der Waals surface area contributed by atoms with E-state index in [0.29, 0.717) is 24.5 Å². The molecule has 0 spiro atoms. The molecule has 3 aromatic heterocycles. The summed E-state index contributed by atoms with van der Waals surface area (Å²) in [5, 5.41) is 11.8. The first-order valence-electron chi connectivity index (χ1n) is 10.3. The summed E-state index contributed by atoms with van der Waals surface area (Å²) in [7, 11) is 0. The van der Waals surface area contributed by atoms with Crippen LogP contribution in [-0.4, -0.2) is 38.7 Å². The van der Waals surface area contributed by atoms with Crippen LogP contribution < -0.4 is 5.48 Å². The van der Waals surface area contributed by atoms with Crippen LogP contribution in [0.5, 0.6) is 0 Å². The summed E-state index contributed by atoms with van der Waals surface area (Å²) in [6.07, 6.45) is 3.31. The summed E-state index contributed by atoms with van der Waals surface area (Å²) in [6, 6.07) is 10.3. The van der Waals surface area contributed by atoms with E-state index in [1.165, 1.54) is 6.07 Å². The van der Waals surface area contributed by atoms with Crippen molar-refractivity contribution in [2.75, 3.05) is 13.2 Å². The molecule has 32 heavy (non-hydrogen) atoms.